The molecule has 0 saturated carbocycles. The Hall–Kier alpha value is -2.63. The fraction of sp³-hybridized carbons (Fsp3) is 0.814. The van der Waals surface area contributed by atoms with E-state index in [1.807, 2.05) is 0 Å². The highest BCUT2D eigenvalue weighted by molar-refractivity contribution is 5.71. The second kappa shape index (κ2) is 54.0. The van der Waals surface area contributed by atoms with Crippen LogP contribution < -0.4 is 0 Å². The van der Waals surface area contributed by atoms with Crippen molar-refractivity contribution in [1.82, 2.24) is 0 Å². The lowest BCUT2D eigenvalue weighted by atomic mass is 10.1. The molecule has 378 valence electrons. The highest BCUT2D eigenvalue weighted by Crippen LogP contribution is 2.15. The molecule has 65 heavy (non-hydrogen) atoms. The van der Waals surface area contributed by atoms with E-state index in [9.17, 15) is 14.4 Å². The van der Waals surface area contributed by atoms with E-state index in [2.05, 4.69) is 69.4 Å². The van der Waals surface area contributed by atoms with Gasteiger partial charge in [0.15, 0.2) is 6.10 Å². The van der Waals surface area contributed by atoms with E-state index in [1.165, 1.54) is 180 Å². The van der Waals surface area contributed by atoms with Crippen molar-refractivity contribution in [3.63, 3.8) is 0 Å². The van der Waals surface area contributed by atoms with Gasteiger partial charge in [0.2, 0.25) is 0 Å². The van der Waals surface area contributed by atoms with Crippen LogP contribution in [0.5, 0.6) is 0 Å². The molecule has 0 aliphatic carbocycles. The summed E-state index contributed by atoms with van der Waals surface area (Å²) in [5, 5.41) is 0. The predicted molar refractivity (Wildman–Crippen MR) is 279 cm³/mol. The summed E-state index contributed by atoms with van der Waals surface area (Å²) in [5.41, 5.74) is 0. The molecule has 0 amide bonds. The van der Waals surface area contributed by atoms with Crippen LogP contribution in [0, 0.1) is 0 Å². The van der Waals surface area contributed by atoms with Crippen LogP contribution in [0.3, 0.4) is 0 Å². The Bertz CT molecular complexity index is 1140. The van der Waals surface area contributed by atoms with Gasteiger partial charge in [0.05, 0.1) is 0 Å². The van der Waals surface area contributed by atoms with E-state index >= 15 is 0 Å². The van der Waals surface area contributed by atoms with Crippen LogP contribution in [0.15, 0.2) is 48.6 Å². The molecule has 0 rings (SSSR count). The molecule has 0 aromatic heterocycles. The maximum atomic E-state index is 12.8. The highest BCUT2D eigenvalue weighted by atomic mass is 16.6. The molecule has 0 aliphatic rings. The largest absolute Gasteiger partial charge is 0.462 e. The normalized spacial score (nSPS) is 12.4. The molecular weight excluding hydrogens is 805 g/mol. The van der Waals surface area contributed by atoms with E-state index in [4.69, 9.17) is 14.2 Å². The number of ether oxygens (including phenoxy) is 3. The zero-order valence-electron chi connectivity index (χ0n) is 43.3. The lowest BCUT2D eigenvalue weighted by molar-refractivity contribution is -0.167. The predicted octanol–water partition coefficient (Wildman–Crippen LogP) is 18.7. The zero-order chi connectivity index (χ0) is 47.2. The second-order valence-corrected chi connectivity index (χ2v) is 18.8. The van der Waals surface area contributed by atoms with Crippen molar-refractivity contribution in [2.45, 2.75) is 297 Å². The summed E-state index contributed by atoms with van der Waals surface area (Å²) in [6.45, 7) is 6.60. The van der Waals surface area contributed by atoms with Gasteiger partial charge in [-0.2, -0.15) is 0 Å². The maximum Gasteiger partial charge on any atom is 0.306 e. The SMILES string of the molecule is CCCCC/C=C\C/C=C\CCCCCCCCCC(=O)OC[C@H](COC(=O)CCCCCCCCC/C=C\CCCCCC)OC(=O)CCCCCCCCC/C=C\CCCCCC. The molecule has 6 heteroatoms. The Morgan fingerprint density at radius 2 is 0.554 bits per heavy atom. The van der Waals surface area contributed by atoms with Crippen molar-refractivity contribution >= 4 is 17.9 Å². The van der Waals surface area contributed by atoms with Gasteiger partial charge in [-0.15, -0.1) is 0 Å². The van der Waals surface area contributed by atoms with E-state index in [-0.39, 0.29) is 31.1 Å². The van der Waals surface area contributed by atoms with Crippen molar-refractivity contribution in [2.75, 3.05) is 13.2 Å². The van der Waals surface area contributed by atoms with Crippen molar-refractivity contribution in [3.8, 4) is 0 Å². The first-order valence-corrected chi connectivity index (χ1v) is 28.1. The number of allylic oxidation sites excluding steroid dienone is 8. The van der Waals surface area contributed by atoms with Crippen LogP contribution in [0.4, 0.5) is 0 Å². The fourth-order valence-corrected chi connectivity index (χ4v) is 7.99. The summed E-state index contributed by atoms with van der Waals surface area (Å²) >= 11 is 0. The van der Waals surface area contributed by atoms with Gasteiger partial charge in [-0.05, 0) is 103 Å². The van der Waals surface area contributed by atoms with Crippen LogP contribution in [-0.2, 0) is 28.6 Å². The number of hydrogen-bond acceptors (Lipinski definition) is 6. The van der Waals surface area contributed by atoms with Gasteiger partial charge < -0.3 is 14.2 Å². The summed E-state index contributed by atoms with van der Waals surface area (Å²) in [6, 6.07) is 0. The number of carbonyl (C=O) groups is 3. The first-order valence-electron chi connectivity index (χ1n) is 28.1. The van der Waals surface area contributed by atoms with E-state index in [0.29, 0.717) is 19.3 Å². The molecule has 6 nitrogen and oxygen atoms in total. The zero-order valence-corrected chi connectivity index (χ0v) is 43.3. The molecule has 0 N–H and O–H groups in total. The third kappa shape index (κ3) is 52.2. The van der Waals surface area contributed by atoms with Crippen LogP contribution in [0.1, 0.15) is 290 Å². The van der Waals surface area contributed by atoms with Crippen molar-refractivity contribution in [2.24, 2.45) is 0 Å². The Kier molecular flexibility index (Phi) is 51.8. The van der Waals surface area contributed by atoms with Crippen molar-refractivity contribution < 1.29 is 28.6 Å². The molecule has 0 aliphatic heterocycles. The van der Waals surface area contributed by atoms with E-state index in [0.717, 1.165) is 70.6 Å². The van der Waals surface area contributed by atoms with Gasteiger partial charge in [0.25, 0.3) is 0 Å². The van der Waals surface area contributed by atoms with Crippen LogP contribution in [0.25, 0.3) is 0 Å². The Balaban J connectivity index is 4.38. The van der Waals surface area contributed by atoms with Crippen LogP contribution >= 0.6 is 0 Å². The molecule has 0 saturated heterocycles. The standard InChI is InChI=1S/C59H106O6/c1-4-7-10-13-16-19-22-25-28-29-32-34-37-40-43-46-49-52-58(61)64-55-56(65-59(62)53-50-47-44-41-38-35-31-27-24-21-18-15-12-9-6-3)54-63-57(60)51-48-45-42-39-36-33-30-26-23-20-17-14-11-8-5-2/h16,19-21,23-25,28,56H,4-15,17-18,22,26-27,29-55H2,1-3H3/b19-16-,23-20-,24-21-,28-25-/t56-/m0/s1. The molecule has 0 aromatic rings. The highest BCUT2D eigenvalue weighted by Gasteiger charge is 2.19. The Labute approximate surface area is 403 Å². The maximum absolute atomic E-state index is 12.8. The smallest absolute Gasteiger partial charge is 0.306 e. The number of rotatable bonds is 51. The average Bonchev–Trinajstić information content (AvgIpc) is 3.30. The first kappa shape index (κ1) is 62.4. The number of esters is 3. The quantitative estimate of drug-likeness (QED) is 0.0262. The van der Waals surface area contributed by atoms with Gasteiger partial charge in [0.1, 0.15) is 13.2 Å². The number of hydrogen-bond donors (Lipinski definition) is 0. The summed E-state index contributed by atoms with van der Waals surface area (Å²) in [7, 11) is 0. The molecule has 0 radical (unpaired) electrons. The van der Waals surface area contributed by atoms with Crippen molar-refractivity contribution in [3.05, 3.63) is 48.6 Å². The molecule has 0 unspecified atom stereocenters. The Morgan fingerprint density at radius 1 is 0.308 bits per heavy atom. The molecule has 1 atom stereocenters. The van der Waals surface area contributed by atoms with Crippen molar-refractivity contribution in [1.29, 1.82) is 0 Å². The summed E-state index contributed by atoms with van der Waals surface area (Å²) < 4.78 is 16.9. The lowest BCUT2D eigenvalue weighted by Gasteiger charge is -2.18. The minimum Gasteiger partial charge on any atom is -0.462 e. The summed E-state index contributed by atoms with van der Waals surface area (Å²) in [6.07, 6.45) is 65.2. The fourth-order valence-electron chi connectivity index (χ4n) is 7.99. The van der Waals surface area contributed by atoms with Crippen LogP contribution in [0.2, 0.25) is 0 Å². The van der Waals surface area contributed by atoms with Gasteiger partial charge in [-0.1, -0.05) is 217 Å². The number of carbonyl (C=O) groups excluding carboxylic acids is 3. The molecular formula is C59H106O6. The van der Waals surface area contributed by atoms with Gasteiger partial charge in [0, 0.05) is 19.3 Å². The topological polar surface area (TPSA) is 78.9 Å². The molecule has 0 aromatic carbocycles. The van der Waals surface area contributed by atoms with Gasteiger partial charge in [-0.3, -0.25) is 14.4 Å². The molecule has 0 heterocycles. The third-order valence-electron chi connectivity index (χ3n) is 12.3. The minimum atomic E-state index is -0.779. The third-order valence-corrected chi connectivity index (χ3v) is 12.3. The average molecular weight is 911 g/mol. The number of unbranched alkanes of at least 4 members (excludes halogenated alkanes) is 32. The monoisotopic (exact) mass is 911 g/mol. The molecule has 0 spiro atoms. The minimum absolute atomic E-state index is 0.0783. The van der Waals surface area contributed by atoms with Gasteiger partial charge in [-0.25, -0.2) is 0 Å². The Morgan fingerprint density at radius 3 is 0.892 bits per heavy atom. The van der Waals surface area contributed by atoms with E-state index < -0.39 is 6.10 Å². The summed E-state index contributed by atoms with van der Waals surface area (Å²) in [5.74, 6) is -0.884. The van der Waals surface area contributed by atoms with Gasteiger partial charge >= 0.3 is 17.9 Å². The molecule has 0 bridgehead atoms. The van der Waals surface area contributed by atoms with E-state index in [1.54, 1.807) is 0 Å². The summed E-state index contributed by atoms with van der Waals surface area (Å²) in [4.78, 5) is 38.1. The lowest BCUT2D eigenvalue weighted by Crippen LogP contribution is -2.30. The molecule has 0 fully saturated rings. The first-order chi connectivity index (χ1) is 32.0. The van der Waals surface area contributed by atoms with Crippen LogP contribution in [-0.4, -0.2) is 37.2 Å². The second-order valence-electron chi connectivity index (χ2n) is 18.8.